The van der Waals surface area contributed by atoms with Crippen molar-refractivity contribution in [1.82, 2.24) is 0 Å². The topological polar surface area (TPSA) is 210 Å². The van der Waals surface area contributed by atoms with Gasteiger partial charge in [0.25, 0.3) is 0 Å². The fourth-order valence-electron chi connectivity index (χ4n) is 17.7. The molecule has 0 saturated carbocycles. The zero-order valence-electron chi connectivity index (χ0n) is 75.4. The van der Waals surface area contributed by atoms with Crippen LogP contribution in [0.25, 0.3) is 105 Å². The van der Waals surface area contributed by atoms with Crippen LogP contribution in [-0.2, 0) is 37.9 Å². The fourth-order valence-corrected chi connectivity index (χ4v) is 21.3. The lowest BCUT2D eigenvalue weighted by Crippen LogP contribution is -2.14. The normalized spacial score (nSPS) is 11.8. The third-order valence-corrected chi connectivity index (χ3v) is 27.7. The molecule has 0 atom stereocenters. The van der Waals surface area contributed by atoms with Gasteiger partial charge in [0, 0.05) is 125 Å². The van der Waals surface area contributed by atoms with E-state index in [1.54, 1.807) is 0 Å². The molecule has 0 amide bonds. The number of esters is 8. The third kappa shape index (κ3) is 23.5. The Morgan fingerprint density at radius 2 is 0.317 bits per heavy atom. The van der Waals surface area contributed by atoms with Crippen molar-refractivity contribution in [2.45, 2.75) is 312 Å². The second-order valence-electron chi connectivity index (χ2n) is 33.9. The van der Waals surface area contributed by atoms with E-state index in [0.29, 0.717) is 117 Å². The summed E-state index contributed by atoms with van der Waals surface area (Å²) in [6, 6.07) is 13.4. The van der Waals surface area contributed by atoms with Gasteiger partial charge < -0.3 is 37.9 Å². The molecule has 12 rings (SSSR count). The first-order valence-corrected chi connectivity index (χ1v) is 50.6. The van der Waals surface area contributed by atoms with Gasteiger partial charge in [0.15, 0.2) is 0 Å². The van der Waals surface area contributed by atoms with Crippen molar-refractivity contribution in [2.24, 2.45) is 0 Å². The number of fused-ring (bicyclic) bond motifs is 2. The van der Waals surface area contributed by atoms with E-state index in [2.05, 4.69) is 55.4 Å². The summed E-state index contributed by atoms with van der Waals surface area (Å²) < 4.78 is 50.7. The summed E-state index contributed by atoms with van der Waals surface area (Å²) in [6.07, 6.45) is 39.5. The average Bonchev–Trinajstić information content (AvgIpc) is 0.866. The lowest BCUT2D eigenvalue weighted by molar-refractivity contribution is 0.0483. The lowest BCUT2D eigenvalue weighted by Gasteiger charge is -2.23. The maximum Gasteiger partial charge on any atom is 0.338 e. The second kappa shape index (κ2) is 49.8. The molecule has 0 unspecified atom stereocenters. The highest BCUT2D eigenvalue weighted by Gasteiger charge is 2.37. The molecule has 0 aliphatic heterocycles. The molecule has 0 bridgehead atoms. The van der Waals surface area contributed by atoms with Crippen LogP contribution in [0.15, 0.2) is 48.5 Å². The molecular formula is C104H128Cl4O16S2. The van der Waals surface area contributed by atoms with Gasteiger partial charge in [-0.15, -0.1) is 22.7 Å². The molecule has 0 aliphatic carbocycles. The molecule has 10 aromatic carbocycles. The van der Waals surface area contributed by atoms with Gasteiger partial charge >= 0.3 is 47.8 Å². The molecule has 0 N–H and O–H groups in total. The van der Waals surface area contributed by atoms with Crippen molar-refractivity contribution in [1.29, 1.82) is 0 Å². The highest BCUT2D eigenvalue weighted by atomic mass is 35.5. The first-order valence-electron chi connectivity index (χ1n) is 47.4. The van der Waals surface area contributed by atoms with Crippen LogP contribution in [-0.4, -0.2) is 101 Å². The Morgan fingerprint density at radius 3 is 0.468 bits per heavy atom. The summed E-state index contributed by atoms with van der Waals surface area (Å²) in [5, 5.41) is 9.25. The van der Waals surface area contributed by atoms with Gasteiger partial charge in [0.2, 0.25) is 0 Å². The summed E-state index contributed by atoms with van der Waals surface area (Å²) in [4.78, 5) is 114. The molecule has 22 heteroatoms. The van der Waals surface area contributed by atoms with Gasteiger partial charge in [-0.3, -0.25) is 0 Å². The summed E-state index contributed by atoms with van der Waals surface area (Å²) >= 11 is 32.1. The van der Waals surface area contributed by atoms with Crippen LogP contribution in [0, 0.1) is 0 Å². The van der Waals surface area contributed by atoms with Crippen molar-refractivity contribution in [3.05, 3.63) is 113 Å². The van der Waals surface area contributed by atoms with Crippen LogP contribution in [0.1, 0.15) is 395 Å². The molecule has 16 nitrogen and oxygen atoms in total. The van der Waals surface area contributed by atoms with Crippen molar-refractivity contribution in [3.8, 4) is 0 Å². The summed E-state index contributed by atoms with van der Waals surface area (Å²) in [5.74, 6) is -4.53. The number of carbonyl (C=O) groups is 8. The molecule has 0 radical (unpaired) electrons. The Labute approximate surface area is 770 Å². The smallest absolute Gasteiger partial charge is 0.338 e. The van der Waals surface area contributed by atoms with E-state index < -0.39 is 47.8 Å². The Hall–Kier alpha value is -7.84. The molecule has 12 aromatic rings. The minimum absolute atomic E-state index is 0.0512. The lowest BCUT2D eigenvalue weighted by atomic mass is 9.84. The highest BCUT2D eigenvalue weighted by molar-refractivity contribution is 7.27. The number of hydrogen-bond acceptors (Lipinski definition) is 18. The predicted octanol–water partition coefficient (Wildman–Crippen LogP) is 32.4. The minimum Gasteiger partial charge on any atom is -0.462 e. The van der Waals surface area contributed by atoms with E-state index in [1.165, 1.54) is 46.9 Å². The van der Waals surface area contributed by atoms with Gasteiger partial charge in [-0.2, -0.15) is 0 Å². The summed E-state index contributed by atoms with van der Waals surface area (Å²) in [6.45, 7) is 19.1. The quantitative estimate of drug-likeness (QED) is 0.0114. The standard InChI is InChI=1S/C52H64Cl4O8.C52H64O8S2/c1-5-9-13-17-21-25-61-49(57)33-29-37(53)43-45-39(55)31-35(51(59)63-27-23-19-15-11-7-3)42-36(52(60)64-28-24-20-16-12-8-4)32-40(56)46(48(42)45)44-38(54)30-34(41(33)47(43)44)50(58)62-26-22-18-14-10-6-2;1-5-9-13-17-21-25-57-49(53)33-29-37-43-45-39(61-37)31-35(51(55)59-27-23-19-15-11-7-3)42-36(52(56)60-28-24-20-16-12-8-4)32-40-46(48(42)45)44-38(62-40)30-34(41(33)47(43)44)50(54)58-26-22-18-14-10-6-2/h29-32H,5-28H2,1-4H3;29-32H,5-28H2,1-4H3. The zero-order chi connectivity index (χ0) is 89.8. The SMILES string of the molecule is CCCCCCCOC(=O)c1cc(Cl)c2c3c(Cl)cc(C(=O)OCCCCCCC)c4c(C(=O)OCCCCCCC)cc(Cl)c(c5c(Cl)cc(C(=O)OCCCCCCC)c1c25)c43.CCCCCCCOC(=O)c1cc2sc3cc(C(=O)OCCCCCCC)c4c(C(=O)OCCCCCCC)cc5sc6cc(C(=O)OCCCCCCC)c1c1c2c3c4c5c61. The third-order valence-electron chi connectivity index (χ3n) is 24.3. The Morgan fingerprint density at radius 1 is 0.183 bits per heavy atom. The van der Waals surface area contributed by atoms with Gasteiger partial charge in [0.05, 0.1) is 97.4 Å². The molecule has 2 aromatic heterocycles. The molecule has 0 fully saturated rings. The van der Waals surface area contributed by atoms with Crippen LogP contribution < -0.4 is 0 Å². The average molecular weight is 1840 g/mol. The summed E-state index contributed by atoms with van der Waals surface area (Å²) in [7, 11) is 0. The van der Waals surface area contributed by atoms with E-state index in [9.17, 15) is 38.4 Å². The number of thiophene rings is 2. The number of carbonyl (C=O) groups excluding carboxylic acids is 8. The first kappa shape index (κ1) is 98.7. The van der Waals surface area contributed by atoms with Gasteiger partial charge in [0.1, 0.15) is 0 Å². The predicted molar refractivity (Wildman–Crippen MR) is 521 cm³/mol. The Balaban J connectivity index is 0.000000245. The van der Waals surface area contributed by atoms with Crippen LogP contribution in [0.5, 0.6) is 0 Å². The number of unbranched alkanes of at least 4 members (excludes halogenated alkanes) is 32. The molecule has 2 heterocycles. The molecule has 126 heavy (non-hydrogen) atoms. The fraction of sp³-hybridized carbons (Fsp3) is 0.538. The first-order chi connectivity index (χ1) is 61.3. The number of benzene rings is 10. The van der Waals surface area contributed by atoms with Crippen molar-refractivity contribution >= 4 is 222 Å². The van der Waals surface area contributed by atoms with Crippen molar-refractivity contribution in [3.63, 3.8) is 0 Å². The Bertz CT molecular complexity index is 5000. The molecule has 0 saturated heterocycles. The van der Waals surface area contributed by atoms with E-state index in [0.717, 1.165) is 282 Å². The van der Waals surface area contributed by atoms with Crippen LogP contribution in [0.2, 0.25) is 20.1 Å². The minimum atomic E-state index is -0.667. The largest absolute Gasteiger partial charge is 0.462 e. The van der Waals surface area contributed by atoms with E-state index in [-0.39, 0.29) is 79.5 Å². The molecular weight excluding hydrogens is 1710 g/mol. The van der Waals surface area contributed by atoms with Crippen molar-refractivity contribution in [2.75, 3.05) is 52.9 Å². The number of rotatable bonds is 56. The number of ether oxygens (including phenoxy) is 8. The highest BCUT2D eigenvalue weighted by Crippen LogP contribution is 2.58. The summed E-state index contributed by atoms with van der Waals surface area (Å²) in [5.41, 5.74) is 1.56. The van der Waals surface area contributed by atoms with Gasteiger partial charge in [-0.05, 0) is 99.9 Å². The van der Waals surface area contributed by atoms with E-state index >= 15 is 0 Å². The van der Waals surface area contributed by atoms with Crippen LogP contribution in [0.3, 0.4) is 0 Å². The van der Waals surface area contributed by atoms with Gasteiger partial charge in [-0.25, -0.2) is 38.4 Å². The maximum absolute atomic E-state index is 14.3. The van der Waals surface area contributed by atoms with Crippen molar-refractivity contribution < 1.29 is 76.3 Å². The Kier molecular flexibility index (Phi) is 39.0. The number of hydrogen-bond donors (Lipinski definition) is 0. The maximum atomic E-state index is 14.3. The second-order valence-corrected chi connectivity index (χ2v) is 37.7. The van der Waals surface area contributed by atoms with E-state index in [4.69, 9.17) is 84.3 Å². The molecule has 680 valence electrons. The molecule has 0 aliphatic rings. The number of halogens is 4. The molecule has 0 spiro atoms. The van der Waals surface area contributed by atoms with Crippen LogP contribution in [0.4, 0.5) is 0 Å². The van der Waals surface area contributed by atoms with Gasteiger partial charge in [-0.1, -0.05) is 307 Å². The monoisotopic (exact) mass is 1840 g/mol. The zero-order valence-corrected chi connectivity index (χ0v) is 80.1. The van der Waals surface area contributed by atoms with Crippen LogP contribution >= 0.6 is 69.1 Å². The van der Waals surface area contributed by atoms with E-state index in [1.807, 2.05) is 24.3 Å².